The Balaban J connectivity index is 1.81. The van der Waals surface area contributed by atoms with Crippen LogP contribution >= 0.6 is 11.8 Å². The van der Waals surface area contributed by atoms with Crippen LogP contribution in [-0.4, -0.2) is 38.4 Å². The molecule has 3 aromatic rings. The highest BCUT2D eigenvalue weighted by Crippen LogP contribution is 2.34. The maximum atomic E-state index is 13.5. The minimum Gasteiger partial charge on any atom is -0.496 e. The highest BCUT2D eigenvalue weighted by Gasteiger charge is 2.24. The SMILES string of the molecule is COc1cc(F)ccc1-c1nnc2n1N=C(c1ccc(C)c([N+](=O)[O-])c1)CS2. The zero-order valence-corrected chi connectivity index (χ0v) is 15.7. The molecule has 0 amide bonds. The normalized spacial score (nSPS) is 13.0. The molecule has 2 heterocycles. The van der Waals surface area contributed by atoms with Gasteiger partial charge in [0, 0.05) is 29.0 Å². The Labute approximate surface area is 163 Å². The third-order valence-corrected chi connectivity index (χ3v) is 5.24. The Morgan fingerprint density at radius 2 is 2.07 bits per heavy atom. The van der Waals surface area contributed by atoms with Gasteiger partial charge in [-0.15, -0.1) is 10.2 Å². The van der Waals surface area contributed by atoms with Gasteiger partial charge in [-0.1, -0.05) is 23.9 Å². The summed E-state index contributed by atoms with van der Waals surface area (Å²) in [6.07, 6.45) is 0. The summed E-state index contributed by atoms with van der Waals surface area (Å²) in [5, 5.41) is 24.7. The first-order chi connectivity index (χ1) is 13.5. The van der Waals surface area contributed by atoms with E-state index in [4.69, 9.17) is 4.74 Å². The summed E-state index contributed by atoms with van der Waals surface area (Å²) in [6.45, 7) is 1.69. The van der Waals surface area contributed by atoms with Gasteiger partial charge in [0.05, 0.1) is 23.3 Å². The summed E-state index contributed by atoms with van der Waals surface area (Å²) in [5.74, 6) is 0.787. The van der Waals surface area contributed by atoms with E-state index in [0.717, 1.165) is 0 Å². The van der Waals surface area contributed by atoms with Crippen molar-refractivity contribution in [1.82, 2.24) is 14.9 Å². The van der Waals surface area contributed by atoms with Crippen molar-refractivity contribution in [1.29, 1.82) is 0 Å². The molecule has 0 N–H and O–H groups in total. The Hall–Kier alpha value is -3.27. The van der Waals surface area contributed by atoms with Crippen LogP contribution in [-0.2, 0) is 0 Å². The van der Waals surface area contributed by atoms with Crippen molar-refractivity contribution in [3.8, 4) is 17.1 Å². The van der Waals surface area contributed by atoms with Crippen LogP contribution in [0.25, 0.3) is 11.4 Å². The lowest BCUT2D eigenvalue weighted by atomic mass is 10.1. The van der Waals surface area contributed by atoms with E-state index in [0.29, 0.717) is 44.9 Å². The molecule has 0 saturated heterocycles. The van der Waals surface area contributed by atoms with E-state index in [1.807, 2.05) is 0 Å². The molecule has 0 saturated carbocycles. The van der Waals surface area contributed by atoms with Gasteiger partial charge in [-0.05, 0) is 19.1 Å². The number of thioether (sulfide) groups is 1. The fourth-order valence-electron chi connectivity index (χ4n) is 2.87. The number of aromatic nitrogens is 3. The highest BCUT2D eigenvalue weighted by molar-refractivity contribution is 7.99. The maximum Gasteiger partial charge on any atom is 0.272 e. The molecule has 0 atom stereocenters. The van der Waals surface area contributed by atoms with Gasteiger partial charge in [-0.2, -0.15) is 9.78 Å². The van der Waals surface area contributed by atoms with Crippen molar-refractivity contribution in [3.05, 3.63) is 63.5 Å². The molecular weight excluding hydrogens is 385 g/mol. The number of aryl methyl sites for hydroxylation is 1. The van der Waals surface area contributed by atoms with Gasteiger partial charge in [0.2, 0.25) is 5.16 Å². The smallest absolute Gasteiger partial charge is 0.272 e. The second-order valence-electron chi connectivity index (χ2n) is 6.06. The molecule has 0 aliphatic carbocycles. The molecule has 2 aromatic carbocycles. The van der Waals surface area contributed by atoms with E-state index in [9.17, 15) is 14.5 Å². The molecule has 4 rings (SSSR count). The monoisotopic (exact) mass is 399 g/mol. The number of nitrogens with zero attached hydrogens (tertiary/aromatic N) is 5. The average Bonchev–Trinajstić information content (AvgIpc) is 3.11. The maximum absolute atomic E-state index is 13.5. The predicted octanol–water partition coefficient (Wildman–Crippen LogP) is 3.67. The molecule has 0 unspecified atom stereocenters. The van der Waals surface area contributed by atoms with E-state index in [1.54, 1.807) is 29.8 Å². The minimum atomic E-state index is -0.426. The molecule has 10 heteroatoms. The number of rotatable bonds is 4. The van der Waals surface area contributed by atoms with Crippen LogP contribution in [0.5, 0.6) is 5.75 Å². The lowest BCUT2D eigenvalue weighted by molar-refractivity contribution is -0.385. The number of fused-ring (bicyclic) bond motifs is 1. The number of methoxy groups -OCH3 is 1. The van der Waals surface area contributed by atoms with Crippen LogP contribution in [0.2, 0.25) is 0 Å². The highest BCUT2D eigenvalue weighted by atomic mass is 32.2. The quantitative estimate of drug-likeness (QED) is 0.491. The largest absolute Gasteiger partial charge is 0.496 e. The molecule has 0 bridgehead atoms. The molecule has 28 heavy (non-hydrogen) atoms. The van der Waals surface area contributed by atoms with Crippen molar-refractivity contribution in [2.45, 2.75) is 12.1 Å². The lowest BCUT2D eigenvalue weighted by Gasteiger charge is -2.15. The van der Waals surface area contributed by atoms with Gasteiger partial charge in [-0.3, -0.25) is 10.1 Å². The number of nitro groups is 1. The van der Waals surface area contributed by atoms with Gasteiger partial charge in [0.25, 0.3) is 5.69 Å². The molecular formula is C18H14FN5O3S. The van der Waals surface area contributed by atoms with Crippen LogP contribution in [0.3, 0.4) is 0 Å². The summed E-state index contributed by atoms with van der Waals surface area (Å²) in [6, 6.07) is 9.14. The molecule has 0 fully saturated rings. The zero-order valence-electron chi connectivity index (χ0n) is 14.9. The molecule has 1 aliphatic rings. The van der Waals surface area contributed by atoms with Gasteiger partial charge < -0.3 is 4.74 Å². The van der Waals surface area contributed by atoms with E-state index in [2.05, 4.69) is 15.3 Å². The second-order valence-corrected chi connectivity index (χ2v) is 7.00. The van der Waals surface area contributed by atoms with E-state index < -0.39 is 10.7 Å². The topological polar surface area (TPSA) is 95.4 Å². The third kappa shape index (κ3) is 3.11. The van der Waals surface area contributed by atoms with Crippen molar-refractivity contribution >= 4 is 23.2 Å². The fourth-order valence-corrected chi connectivity index (χ4v) is 3.71. The number of ether oxygens (including phenoxy) is 1. The molecule has 142 valence electrons. The first kappa shape index (κ1) is 18.1. The number of hydrogen-bond donors (Lipinski definition) is 0. The summed E-state index contributed by atoms with van der Waals surface area (Å²) in [5.41, 5.74) is 2.48. The van der Waals surface area contributed by atoms with Crippen LogP contribution in [0.4, 0.5) is 10.1 Å². The van der Waals surface area contributed by atoms with Gasteiger partial charge in [-0.25, -0.2) is 4.39 Å². The third-order valence-electron chi connectivity index (χ3n) is 4.31. The minimum absolute atomic E-state index is 0.0418. The van der Waals surface area contributed by atoms with Crippen molar-refractivity contribution in [3.63, 3.8) is 0 Å². The van der Waals surface area contributed by atoms with Crippen molar-refractivity contribution in [2.75, 3.05) is 12.9 Å². The lowest BCUT2D eigenvalue weighted by Crippen LogP contribution is -2.14. The van der Waals surface area contributed by atoms with E-state index in [1.165, 1.54) is 37.1 Å². The van der Waals surface area contributed by atoms with Gasteiger partial charge in [0.15, 0.2) is 5.82 Å². The van der Waals surface area contributed by atoms with E-state index >= 15 is 0 Å². The summed E-state index contributed by atoms with van der Waals surface area (Å²) < 4.78 is 20.3. The van der Waals surface area contributed by atoms with E-state index in [-0.39, 0.29) is 5.69 Å². The molecule has 0 spiro atoms. The average molecular weight is 399 g/mol. The molecule has 0 radical (unpaired) electrons. The van der Waals surface area contributed by atoms with Crippen LogP contribution < -0.4 is 4.74 Å². The Bertz CT molecular complexity index is 1130. The summed E-state index contributed by atoms with van der Waals surface area (Å²) in [7, 11) is 1.45. The summed E-state index contributed by atoms with van der Waals surface area (Å²) in [4.78, 5) is 10.8. The fraction of sp³-hybridized carbons (Fsp3) is 0.167. The number of benzene rings is 2. The molecule has 1 aliphatic heterocycles. The summed E-state index contributed by atoms with van der Waals surface area (Å²) >= 11 is 1.42. The first-order valence-electron chi connectivity index (χ1n) is 8.23. The number of nitro benzene ring substituents is 1. The number of hydrogen-bond acceptors (Lipinski definition) is 7. The molecule has 1 aromatic heterocycles. The van der Waals surface area contributed by atoms with Crippen LogP contribution in [0.15, 0.2) is 46.7 Å². The predicted molar refractivity (Wildman–Crippen MR) is 102 cm³/mol. The Morgan fingerprint density at radius 1 is 1.25 bits per heavy atom. The molecule has 8 nitrogen and oxygen atoms in total. The standard InChI is InChI=1S/C18H14FN5O3S/c1-10-3-4-11(7-15(10)24(25)26)14-9-28-18-21-20-17(23(18)22-14)13-6-5-12(19)8-16(13)27-2/h3-8H,9H2,1-2H3. The number of halogens is 1. The first-order valence-corrected chi connectivity index (χ1v) is 9.22. The zero-order chi connectivity index (χ0) is 19.8. The Kier molecular flexibility index (Phi) is 4.55. The van der Waals surface area contributed by atoms with Crippen LogP contribution in [0.1, 0.15) is 11.1 Å². The van der Waals surface area contributed by atoms with Gasteiger partial charge in [0.1, 0.15) is 11.6 Å². The van der Waals surface area contributed by atoms with Crippen LogP contribution in [0, 0.1) is 22.9 Å². The van der Waals surface area contributed by atoms with Gasteiger partial charge >= 0.3 is 0 Å². The Morgan fingerprint density at radius 3 is 2.82 bits per heavy atom. The second kappa shape index (κ2) is 7.04. The van der Waals surface area contributed by atoms with Crippen molar-refractivity contribution < 1.29 is 14.1 Å². The van der Waals surface area contributed by atoms with Crippen molar-refractivity contribution in [2.24, 2.45) is 5.10 Å².